The molecule has 104 valence electrons. The molecule has 4 heteroatoms. The maximum atomic E-state index is 12.3. The Kier molecular flexibility index (Phi) is 3.59. The van der Waals surface area contributed by atoms with Crippen molar-refractivity contribution in [1.82, 2.24) is 4.57 Å². The van der Waals surface area contributed by atoms with Gasteiger partial charge in [0.1, 0.15) is 0 Å². The summed E-state index contributed by atoms with van der Waals surface area (Å²) in [5.74, 6) is 0. The molecule has 0 amide bonds. The third kappa shape index (κ3) is 2.60. The van der Waals surface area contributed by atoms with Crippen LogP contribution in [0.3, 0.4) is 0 Å². The molecule has 0 atom stereocenters. The van der Waals surface area contributed by atoms with E-state index in [0.29, 0.717) is 17.4 Å². The normalized spacial score (nSPS) is 10.7. The minimum absolute atomic E-state index is 0.235. The number of aromatic nitrogens is 1. The maximum Gasteiger partial charge on any atom is 0.253 e. The van der Waals surface area contributed by atoms with Crippen LogP contribution in [0.15, 0.2) is 65.5 Å². The van der Waals surface area contributed by atoms with Gasteiger partial charge >= 0.3 is 0 Å². The van der Waals surface area contributed by atoms with Gasteiger partial charge in [-0.15, -0.1) is 0 Å². The van der Waals surface area contributed by atoms with E-state index in [1.54, 1.807) is 10.6 Å². The highest BCUT2D eigenvalue weighted by molar-refractivity contribution is 6.68. The first kappa shape index (κ1) is 13.6. The molecule has 0 saturated carbocycles. The number of fused-ring (bicyclic) bond motifs is 1. The lowest BCUT2D eigenvalue weighted by atomic mass is 10.1. The van der Waals surface area contributed by atoms with E-state index in [1.807, 2.05) is 48.5 Å². The quantitative estimate of drug-likeness (QED) is 0.695. The second-order valence-corrected chi connectivity index (χ2v) is 5.10. The van der Waals surface area contributed by atoms with Gasteiger partial charge in [0.25, 0.3) is 10.8 Å². The lowest BCUT2D eigenvalue weighted by molar-refractivity contribution is 0.108. The number of rotatable bonds is 3. The van der Waals surface area contributed by atoms with Crippen molar-refractivity contribution >= 4 is 27.7 Å². The van der Waals surface area contributed by atoms with Crippen LogP contribution < -0.4 is 5.56 Å². The Morgan fingerprint density at radius 3 is 2.38 bits per heavy atom. The van der Waals surface area contributed by atoms with Crippen molar-refractivity contribution in [1.29, 1.82) is 0 Å². The Bertz CT molecular complexity index is 869. The SMILES string of the molecule is O=C(Cl)c1cc(=O)n(Cc2ccccc2)c2ccccc12. The van der Waals surface area contributed by atoms with Crippen LogP contribution in [0, 0.1) is 0 Å². The Morgan fingerprint density at radius 2 is 1.67 bits per heavy atom. The lowest BCUT2D eigenvalue weighted by Crippen LogP contribution is -2.22. The Hall–Kier alpha value is -2.39. The van der Waals surface area contributed by atoms with E-state index in [1.165, 1.54) is 6.07 Å². The first-order valence-electron chi connectivity index (χ1n) is 6.53. The van der Waals surface area contributed by atoms with Crippen LogP contribution >= 0.6 is 11.6 Å². The molecule has 0 unspecified atom stereocenters. The van der Waals surface area contributed by atoms with Crippen LogP contribution in [0.1, 0.15) is 15.9 Å². The highest BCUT2D eigenvalue weighted by Crippen LogP contribution is 2.19. The summed E-state index contributed by atoms with van der Waals surface area (Å²) in [5, 5.41) is 0.0724. The minimum Gasteiger partial charge on any atom is -0.304 e. The number of hydrogen-bond donors (Lipinski definition) is 0. The zero-order valence-corrected chi connectivity index (χ0v) is 11.9. The summed E-state index contributed by atoms with van der Waals surface area (Å²) in [4.78, 5) is 23.8. The van der Waals surface area contributed by atoms with Gasteiger partial charge in [-0.2, -0.15) is 0 Å². The number of benzene rings is 2. The monoisotopic (exact) mass is 297 g/mol. The van der Waals surface area contributed by atoms with Crippen molar-refractivity contribution in [3.8, 4) is 0 Å². The summed E-state index contributed by atoms with van der Waals surface area (Å²) < 4.78 is 1.65. The van der Waals surface area contributed by atoms with Crippen LogP contribution in [0.5, 0.6) is 0 Å². The smallest absolute Gasteiger partial charge is 0.253 e. The summed E-state index contributed by atoms with van der Waals surface area (Å²) in [7, 11) is 0. The van der Waals surface area contributed by atoms with Gasteiger partial charge in [-0.25, -0.2) is 0 Å². The molecule has 0 radical (unpaired) electrons. The fourth-order valence-corrected chi connectivity index (χ4v) is 2.58. The lowest BCUT2D eigenvalue weighted by Gasteiger charge is -2.12. The van der Waals surface area contributed by atoms with Crippen LogP contribution in [0.4, 0.5) is 0 Å². The van der Waals surface area contributed by atoms with Crippen molar-refractivity contribution in [3.05, 3.63) is 82.1 Å². The number of hydrogen-bond acceptors (Lipinski definition) is 2. The van der Waals surface area contributed by atoms with Crippen molar-refractivity contribution in [2.75, 3.05) is 0 Å². The molecule has 2 aromatic carbocycles. The molecule has 21 heavy (non-hydrogen) atoms. The first-order chi connectivity index (χ1) is 10.2. The molecular formula is C17H12ClNO2. The first-order valence-corrected chi connectivity index (χ1v) is 6.91. The predicted octanol–water partition coefficient (Wildman–Crippen LogP) is 3.43. The van der Waals surface area contributed by atoms with E-state index in [0.717, 1.165) is 5.56 Å². The van der Waals surface area contributed by atoms with Crippen LogP contribution in [0.2, 0.25) is 0 Å². The highest BCUT2D eigenvalue weighted by Gasteiger charge is 2.12. The number of carbonyl (C=O) groups excluding carboxylic acids is 1. The molecule has 0 bridgehead atoms. The van der Waals surface area contributed by atoms with Crippen molar-refractivity contribution < 1.29 is 4.79 Å². The summed E-state index contributed by atoms with van der Waals surface area (Å²) in [6, 6.07) is 18.3. The molecule has 0 spiro atoms. The largest absolute Gasteiger partial charge is 0.304 e. The van der Waals surface area contributed by atoms with Crippen LogP contribution in [-0.4, -0.2) is 9.81 Å². The number of halogens is 1. The van der Waals surface area contributed by atoms with Crippen molar-refractivity contribution in [2.24, 2.45) is 0 Å². The van der Waals surface area contributed by atoms with E-state index < -0.39 is 5.24 Å². The van der Waals surface area contributed by atoms with Crippen LogP contribution in [-0.2, 0) is 6.54 Å². The van der Waals surface area contributed by atoms with Gasteiger partial charge in [-0.05, 0) is 23.2 Å². The zero-order chi connectivity index (χ0) is 14.8. The minimum atomic E-state index is -0.616. The summed E-state index contributed by atoms with van der Waals surface area (Å²) in [6.07, 6.45) is 0. The molecule has 0 aliphatic heterocycles. The molecule has 1 heterocycles. The number of nitrogens with zero attached hydrogens (tertiary/aromatic N) is 1. The molecule has 0 aliphatic carbocycles. The Labute approximate surface area is 126 Å². The molecule has 0 aliphatic rings. The third-order valence-electron chi connectivity index (χ3n) is 3.41. The number of carbonyl (C=O) groups is 1. The number of pyridine rings is 1. The molecule has 0 fully saturated rings. The molecule has 3 aromatic rings. The molecular weight excluding hydrogens is 286 g/mol. The summed E-state index contributed by atoms with van der Waals surface area (Å²) >= 11 is 5.58. The Morgan fingerprint density at radius 1 is 1.00 bits per heavy atom. The third-order valence-corrected chi connectivity index (χ3v) is 3.62. The maximum absolute atomic E-state index is 12.3. The fourth-order valence-electron chi connectivity index (χ4n) is 2.43. The summed E-state index contributed by atoms with van der Waals surface area (Å²) in [5.41, 5.74) is 1.75. The van der Waals surface area contributed by atoms with Crippen LogP contribution in [0.25, 0.3) is 10.9 Å². The standard InChI is InChI=1S/C17H12ClNO2/c18-17(21)14-10-16(20)19(11-12-6-2-1-3-7-12)15-9-5-4-8-13(14)15/h1-10H,11H2. The molecule has 1 aromatic heterocycles. The molecule has 3 rings (SSSR count). The zero-order valence-electron chi connectivity index (χ0n) is 11.1. The van der Waals surface area contributed by atoms with Crippen molar-refractivity contribution in [3.63, 3.8) is 0 Å². The van der Waals surface area contributed by atoms with Gasteiger partial charge in [0.15, 0.2) is 0 Å². The summed E-state index contributed by atoms with van der Waals surface area (Å²) in [6.45, 7) is 0.455. The van der Waals surface area contributed by atoms with Gasteiger partial charge in [-0.1, -0.05) is 48.5 Å². The molecule has 3 nitrogen and oxygen atoms in total. The number of para-hydroxylation sites is 1. The average molecular weight is 298 g/mol. The predicted molar refractivity (Wildman–Crippen MR) is 83.9 cm³/mol. The van der Waals surface area contributed by atoms with E-state index in [9.17, 15) is 9.59 Å². The van der Waals surface area contributed by atoms with E-state index in [-0.39, 0.29) is 11.1 Å². The molecule has 0 N–H and O–H groups in total. The second kappa shape index (κ2) is 5.54. The van der Waals surface area contributed by atoms with E-state index in [2.05, 4.69) is 0 Å². The van der Waals surface area contributed by atoms with Gasteiger partial charge in [0.05, 0.1) is 12.1 Å². The fraction of sp³-hybridized carbons (Fsp3) is 0.0588. The molecule has 0 saturated heterocycles. The van der Waals surface area contributed by atoms with Crippen molar-refractivity contribution in [2.45, 2.75) is 6.54 Å². The Balaban J connectivity index is 2.24. The second-order valence-electron chi connectivity index (χ2n) is 4.76. The van der Waals surface area contributed by atoms with E-state index >= 15 is 0 Å². The highest BCUT2D eigenvalue weighted by atomic mass is 35.5. The van der Waals surface area contributed by atoms with Gasteiger partial charge < -0.3 is 4.57 Å². The average Bonchev–Trinajstić information content (AvgIpc) is 2.50. The van der Waals surface area contributed by atoms with Gasteiger partial charge in [0.2, 0.25) is 0 Å². The van der Waals surface area contributed by atoms with E-state index in [4.69, 9.17) is 11.6 Å². The van der Waals surface area contributed by atoms with Gasteiger partial charge in [-0.3, -0.25) is 9.59 Å². The topological polar surface area (TPSA) is 39.1 Å². The van der Waals surface area contributed by atoms with Gasteiger partial charge in [0, 0.05) is 17.0 Å².